The second-order valence-corrected chi connectivity index (χ2v) is 4.20. The Hall–Kier alpha value is -1.56. The Kier molecular flexibility index (Phi) is 3.09. The van der Waals surface area contributed by atoms with E-state index in [1.54, 1.807) is 13.2 Å². The van der Waals surface area contributed by atoms with Gasteiger partial charge in [0.25, 0.3) is 5.91 Å². The first-order valence-corrected chi connectivity index (χ1v) is 5.75. The summed E-state index contributed by atoms with van der Waals surface area (Å²) in [6.07, 6.45) is 3.55. The van der Waals surface area contributed by atoms with Gasteiger partial charge in [-0.05, 0) is 30.8 Å². The average molecular weight is 236 g/mol. The van der Waals surface area contributed by atoms with Gasteiger partial charge in [0.1, 0.15) is 0 Å². The molecule has 5 nitrogen and oxygen atoms in total. The van der Waals surface area contributed by atoms with Crippen molar-refractivity contribution < 1.29 is 4.79 Å². The van der Waals surface area contributed by atoms with Gasteiger partial charge in [0.15, 0.2) is 5.17 Å². The van der Waals surface area contributed by atoms with Gasteiger partial charge in [-0.25, -0.2) is 0 Å². The summed E-state index contributed by atoms with van der Waals surface area (Å²) in [6.45, 7) is 2.79. The first-order chi connectivity index (χ1) is 7.74. The SMILES string of the molecule is CCn1nccc1/C=C1\SC(=NC)NC1=O. The van der Waals surface area contributed by atoms with E-state index in [2.05, 4.69) is 15.4 Å². The number of rotatable bonds is 2. The molecule has 0 saturated carbocycles. The van der Waals surface area contributed by atoms with Crippen molar-refractivity contribution in [3.05, 3.63) is 22.9 Å². The van der Waals surface area contributed by atoms with Gasteiger partial charge in [-0.1, -0.05) is 0 Å². The molecule has 0 spiro atoms. The zero-order valence-corrected chi connectivity index (χ0v) is 9.91. The third-order valence-corrected chi connectivity index (χ3v) is 3.18. The lowest BCUT2D eigenvalue weighted by molar-refractivity contribution is -0.115. The van der Waals surface area contributed by atoms with Crippen LogP contribution in [-0.4, -0.2) is 27.9 Å². The van der Waals surface area contributed by atoms with Crippen LogP contribution in [0.25, 0.3) is 6.08 Å². The number of aliphatic imine (C=N–C) groups is 1. The van der Waals surface area contributed by atoms with Gasteiger partial charge in [-0.15, -0.1) is 0 Å². The van der Waals surface area contributed by atoms with Crippen LogP contribution in [0, 0.1) is 0 Å². The number of thioether (sulfide) groups is 1. The minimum absolute atomic E-state index is 0.102. The molecule has 0 unspecified atom stereocenters. The Morgan fingerprint density at radius 1 is 1.69 bits per heavy atom. The molecule has 0 aromatic carbocycles. The maximum Gasteiger partial charge on any atom is 0.264 e. The second-order valence-electron chi connectivity index (χ2n) is 3.17. The molecule has 1 saturated heterocycles. The molecule has 1 aliphatic heterocycles. The molecule has 1 amide bonds. The fourth-order valence-electron chi connectivity index (χ4n) is 1.40. The summed E-state index contributed by atoms with van der Waals surface area (Å²) in [5, 5.41) is 7.46. The van der Waals surface area contributed by atoms with E-state index >= 15 is 0 Å². The Morgan fingerprint density at radius 3 is 3.12 bits per heavy atom. The topological polar surface area (TPSA) is 59.3 Å². The van der Waals surface area contributed by atoms with E-state index in [-0.39, 0.29) is 5.91 Å². The zero-order chi connectivity index (χ0) is 11.5. The van der Waals surface area contributed by atoms with Crippen molar-refractivity contribution in [1.29, 1.82) is 0 Å². The number of amides is 1. The number of carbonyl (C=O) groups is 1. The van der Waals surface area contributed by atoms with Crippen molar-refractivity contribution in [2.75, 3.05) is 7.05 Å². The molecular formula is C10H12N4OS. The van der Waals surface area contributed by atoms with Crippen LogP contribution in [0.3, 0.4) is 0 Å². The van der Waals surface area contributed by atoms with Gasteiger partial charge < -0.3 is 5.32 Å². The highest BCUT2D eigenvalue weighted by atomic mass is 32.2. The third-order valence-electron chi connectivity index (χ3n) is 2.18. The van der Waals surface area contributed by atoms with Crippen LogP contribution in [0.15, 0.2) is 22.2 Å². The molecule has 84 valence electrons. The smallest absolute Gasteiger partial charge is 0.264 e. The number of aryl methyl sites for hydroxylation is 1. The molecule has 6 heteroatoms. The van der Waals surface area contributed by atoms with E-state index in [0.717, 1.165) is 12.2 Å². The van der Waals surface area contributed by atoms with E-state index in [9.17, 15) is 4.79 Å². The molecule has 1 N–H and O–H groups in total. The summed E-state index contributed by atoms with van der Waals surface area (Å²) >= 11 is 1.35. The predicted octanol–water partition coefficient (Wildman–Crippen LogP) is 1.09. The van der Waals surface area contributed by atoms with Crippen molar-refractivity contribution in [3.63, 3.8) is 0 Å². The van der Waals surface area contributed by atoms with Gasteiger partial charge in [0.2, 0.25) is 0 Å². The van der Waals surface area contributed by atoms with E-state index in [4.69, 9.17) is 0 Å². The largest absolute Gasteiger partial charge is 0.301 e. The van der Waals surface area contributed by atoms with E-state index < -0.39 is 0 Å². The van der Waals surface area contributed by atoms with Gasteiger partial charge in [-0.3, -0.25) is 14.5 Å². The van der Waals surface area contributed by atoms with Crippen LogP contribution in [0.5, 0.6) is 0 Å². The maximum absolute atomic E-state index is 11.6. The zero-order valence-electron chi connectivity index (χ0n) is 9.10. The molecule has 0 aliphatic carbocycles. The van der Waals surface area contributed by atoms with Gasteiger partial charge >= 0.3 is 0 Å². The number of carbonyl (C=O) groups excluding carboxylic acids is 1. The van der Waals surface area contributed by atoms with Crippen molar-refractivity contribution >= 4 is 28.9 Å². The van der Waals surface area contributed by atoms with Crippen molar-refractivity contribution in [3.8, 4) is 0 Å². The molecule has 0 radical (unpaired) electrons. The Balaban J connectivity index is 2.28. The number of hydrogen-bond acceptors (Lipinski definition) is 4. The second kappa shape index (κ2) is 4.52. The van der Waals surface area contributed by atoms with Gasteiger partial charge in [0.05, 0.1) is 10.6 Å². The van der Waals surface area contributed by atoms with Gasteiger partial charge in [0, 0.05) is 19.8 Å². The van der Waals surface area contributed by atoms with E-state index in [0.29, 0.717) is 10.1 Å². The fraction of sp³-hybridized carbons (Fsp3) is 0.300. The minimum Gasteiger partial charge on any atom is -0.301 e. The molecule has 1 aliphatic rings. The monoisotopic (exact) mass is 236 g/mol. The van der Waals surface area contributed by atoms with Gasteiger partial charge in [-0.2, -0.15) is 5.10 Å². The highest BCUT2D eigenvalue weighted by Crippen LogP contribution is 2.25. The molecule has 1 fully saturated rings. The standard InChI is InChI=1S/C10H12N4OS/c1-3-14-7(4-5-12-14)6-8-9(15)13-10(11-2)16-8/h4-6H,3H2,1-2H3,(H,11,13,15)/b8-6-. The maximum atomic E-state index is 11.6. The van der Waals surface area contributed by atoms with Crippen LogP contribution < -0.4 is 5.32 Å². The number of amidine groups is 1. The number of hydrogen-bond donors (Lipinski definition) is 1. The average Bonchev–Trinajstić information content (AvgIpc) is 2.86. The summed E-state index contributed by atoms with van der Waals surface area (Å²) in [5.41, 5.74) is 0.928. The normalized spacial score (nSPS) is 20.8. The molecule has 2 heterocycles. The quantitative estimate of drug-likeness (QED) is 0.782. The third kappa shape index (κ3) is 2.01. The van der Waals surface area contributed by atoms with E-state index in [1.165, 1.54) is 11.8 Å². The van der Waals surface area contributed by atoms with E-state index in [1.807, 2.05) is 23.7 Å². The molecule has 0 bridgehead atoms. The van der Waals surface area contributed by atoms with Crippen LogP contribution in [0.1, 0.15) is 12.6 Å². The Morgan fingerprint density at radius 2 is 2.50 bits per heavy atom. The van der Waals surface area contributed by atoms with Crippen molar-refractivity contribution in [2.45, 2.75) is 13.5 Å². The molecule has 16 heavy (non-hydrogen) atoms. The van der Waals surface area contributed by atoms with Crippen LogP contribution in [0.4, 0.5) is 0 Å². The lowest BCUT2D eigenvalue weighted by atomic mass is 10.3. The highest BCUT2D eigenvalue weighted by molar-refractivity contribution is 8.18. The van der Waals surface area contributed by atoms with Crippen LogP contribution in [-0.2, 0) is 11.3 Å². The molecule has 0 atom stereocenters. The lowest BCUT2D eigenvalue weighted by Crippen LogP contribution is -2.19. The molecule has 1 aromatic heterocycles. The molecule has 2 rings (SSSR count). The van der Waals surface area contributed by atoms with Crippen LogP contribution >= 0.6 is 11.8 Å². The minimum atomic E-state index is -0.102. The summed E-state index contributed by atoms with van der Waals surface area (Å²) in [7, 11) is 1.65. The summed E-state index contributed by atoms with van der Waals surface area (Å²) < 4.78 is 1.84. The predicted molar refractivity (Wildman–Crippen MR) is 65.0 cm³/mol. The lowest BCUT2D eigenvalue weighted by Gasteiger charge is -1.99. The Bertz CT molecular complexity index is 475. The first kappa shape index (κ1) is 10.9. The summed E-state index contributed by atoms with van der Waals surface area (Å²) in [6, 6.07) is 1.88. The molecule has 1 aromatic rings. The van der Waals surface area contributed by atoms with Crippen LogP contribution in [0.2, 0.25) is 0 Å². The number of nitrogens with zero attached hydrogens (tertiary/aromatic N) is 3. The number of nitrogens with one attached hydrogen (secondary N) is 1. The number of aromatic nitrogens is 2. The summed E-state index contributed by atoms with van der Waals surface area (Å²) in [4.78, 5) is 16.2. The van der Waals surface area contributed by atoms with Crippen molar-refractivity contribution in [2.24, 2.45) is 4.99 Å². The highest BCUT2D eigenvalue weighted by Gasteiger charge is 2.23. The molecular weight excluding hydrogens is 224 g/mol. The van der Waals surface area contributed by atoms with Crippen molar-refractivity contribution in [1.82, 2.24) is 15.1 Å². The Labute approximate surface area is 97.6 Å². The summed E-state index contributed by atoms with van der Waals surface area (Å²) in [5.74, 6) is -0.102. The fourth-order valence-corrected chi connectivity index (χ4v) is 2.16. The first-order valence-electron chi connectivity index (χ1n) is 4.94.